The average Bonchev–Trinajstić information content (AvgIpc) is 2.35. The molecule has 0 unspecified atom stereocenters. The Morgan fingerprint density at radius 2 is 1.72 bits per heavy atom. The summed E-state index contributed by atoms with van der Waals surface area (Å²) < 4.78 is 5.31. The van der Waals surface area contributed by atoms with Gasteiger partial charge in [0.25, 0.3) is 0 Å². The van der Waals surface area contributed by atoms with Crippen molar-refractivity contribution in [1.82, 2.24) is 0 Å². The van der Waals surface area contributed by atoms with Crippen molar-refractivity contribution < 1.29 is 4.74 Å². The molecule has 0 bridgehead atoms. The number of nitrogens with two attached hydrogens (primary N) is 1. The Labute approximate surface area is 112 Å². The molecular formula is C15H16ClNO. The lowest BCUT2D eigenvalue weighted by Crippen LogP contribution is -1.94. The van der Waals surface area contributed by atoms with E-state index >= 15 is 0 Å². The van der Waals surface area contributed by atoms with Crippen LogP contribution in [0.3, 0.4) is 0 Å². The molecule has 0 radical (unpaired) electrons. The number of rotatable bonds is 2. The summed E-state index contributed by atoms with van der Waals surface area (Å²) in [5, 5.41) is 0.687. The largest absolute Gasteiger partial charge is 0.496 e. The van der Waals surface area contributed by atoms with Crippen LogP contribution < -0.4 is 10.5 Å². The molecule has 2 aromatic carbocycles. The fourth-order valence-electron chi connectivity index (χ4n) is 2.06. The topological polar surface area (TPSA) is 35.2 Å². The van der Waals surface area contributed by atoms with Gasteiger partial charge in [0.2, 0.25) is 0 Å². The van der Waals surface area contributed by atoms with Gasteiger partial charge in [0.1, 0.15) is 5.75 Å². The van der Waals surface area contributed by atoms with Crippen LogP contribution in [0.4, 0.5) is 5.69 Å². The monoisotopic (exact) mass is 261 g/mol. The summed E-state index contributed by atoms with van der Waals surface area (Å²) in [6.45, 7) is 4.06. The Balaban J connectivity index is 2.64. The van der Waals surface area contributed by atoms with Gasteiger partial charge in [0.05, 0.1) is 7.11 Å². The molecule has 2 rings (SSSR count). The quantitative estimate of drug-likeness (QED) is 0.822. The van der Waals surface area contributed by atoms with Gasteiger partial charge in [-0.1, -0.05) is 11.6 Å². The Morgan fingerprint density at radius 3 is 2.39 bits per heavy atom. The molecule has 0 spiro atoms. The van der Waals surface area contributed by atoms with E-state index in [4.69, 9.17) is 22.1 Å². The van der Waals surface area contributed by atoms with Crippen molar-refractivity contribution in [2.24, 2.45) is 0 Å². The van der Waals surface area contributed by atoms with E-state index in [-0.39, 0.29) is 0 Å². The van der Waals surface area contributed by atoms with Gasteiger partial charge in [-0.2, -0.15) is 0 Å². The van der Waals surface area contributed by atoms with Gasteiger partial charge in [-0.15, -0.1) is 0 Å². The van der Waals surface area contributed by atoms with Crippen LogP contribution in [-0.4, -0.2) is 7.11 Å². The standard InChI is InChI=1S/C15H16ClNO/c1-9-7-15(18-3)10(2)6-12(9)13-8-11(16)4-5-14(13)17/h4-8H,17H2,1-3H3. The molecule has 3 heteroatoms. The molecule has 0 aliphatic rings. The predicted octanol–water partition coefficient (Wildman–Crippen LogP) is 4.21. The van der Waals surface area contributed by atoms with Crippen LogP contribution in [0.1, 0.15) is 11.1 Å². The summed E-state index contributed by atoms with van der Waals surface area (Å²) >= 11 is 6.04. The molecule has 0 saturated carbocycles. The van der Waals surface area contributed by atoms with Gasteiger partial charge in [-0.3, -0.25) is 0 Å². The normalized spacial score (nSPS) is 10.4. The summed E-state index contributed by atoms with van der Waals surface area (Å²) in [5.41, 5.74) is 11.0. The number of hydrogen-bond acceptors (Lipinski definition) is 2. The first-order valence-corrected chi connectivity index (χ1v) is 6.11. The van der Waals surface area contributed by atoms with E-state index in [9.17, 15) is 0 Å². The van der Waals surface area contributed by atoms with E-state index in [1.165, 1.54) is 0 Å². The Morgan fingerprint density at radius 1 is 1.00 bits per heavy atom. The second kappa shape index (κ2) is 4.91. The van der Waals surface area contributed by atoms with Crippen LogP contribution in [0, 0.1) is 13.8 Å². The van der Waals surface area contributed by atoms with Crippen molar-refractivity contribution >= 4 is 17.3 Å². The van der Waals surface area contributed by atoms with Crippen LogP contribution in [0.2, 0.25) is 5.02 Å². The minimum atomic E-state index is 0.687. The van der Waals surface area contributed by atoms with Crippen molar-refractivity contribution in [3.05, 3.63) is 46.5 Å². The number of anilines is 1. The van der Waals surface area contributed by atoms with Crippen molar-refractivity contribution in [1.29, 1.82) is 0 Å². The zero-order valence-electron chi connectivity index (χ0n) is 10.8. The second-order valence-electron chi connectivity index (χ2n) is 4.37. The molecule has 2 nitrogen and oxygen atoms in total. The molecular weight excluding hydrogens is 246 g/mol. The van der Waals surface area contributed by atoms with Gasteiger partial charge < -0.3 is 10.5 Å². The third-order valence-electron chi connectivity index (χ3n) is 3.05. The van der Waals surface area contributed by atoms with Crippen molar-refractivity contribution in [3.8, 4) is 16.9 Å². The van der Waals surface area contributed by atoms with Crippen LogP contribution >= 0.6 is 11.6 Å². The lowest BCUT2D eigenvalue weighted by Gasteiger charge is -2.13. The molecule has 0 atom stereocenters. The van der Waals surface area contributed by atoms with E-state index in [0.29, 0.717) is 5.02 Å². The molecule has 2 N–H and O–H groups in total. The maximum atomic E-state index is 6.04. The van der Waals surface area contributed by atoms with E-state index in [2.05, 4.69) is 6.07 Å². The molecule has 0 amide bonds. The van der Waals surface area contributed by atoms with Crippen molar-refractivity contribution in [2.75, 3.05) is 12.8 Å². The maximum Gasteiger partial charge on any atom is 0.122 e. The molecule has 0 fully saturated rings. The third-order valence-corrected chi connectivity index (χ3v) is 3.28. The Bertz CT molecular complexity index is 593. The number of benzene rings is 2. The average molecular weight is 262 g/mol. The van der Waals surface area contributed by atoms with E-state index in [1.54, 1.807) is 13.2 Å². The van der Waals surface area contributed by atoms with Gasteiger partial charge in [-0.05, 0) is 60.9 Å². The van der Waals surface area contributed by atoms with Crippen molar-refractivity contribution in [3.63, 3.8) is 0 Å². The van der Waals surface area contributed by atoms with Gasteiger partial charge in [0, 0.05) is 16.3 Å². The Kier molecular flexibility index (Phi) is 3.48. The lowest BCUT2D eigenvalue weighted by atomic mass is 9.96. The molecule has 0 aliphatic heterocycles. The molecule has 94 valence electrons. The molecule has 0 heterocycles. The fourth-order valence-corrected chi connectivity index (χ4v) is 2.23. The van der Waals surface area contributed by atoms with Gasteiger partial charge in [0.15, 0.2) is 0 Å². The molecule has 0 aromatic heterocycles. The number of hydrogen-bond donors (Lipinski definition) is 1. The van der Waals surface area contributed by atoms with Crippen LogP contribution in [0.5, 0.6) is 5.75 Å². The first kappa shape index (κ1) is 12.8. The van der Waals surface area contributed by atoms with Gasteiger partial charge >= 0.3 is 0 Å². The summed E-state index contributed by atoms with van der Waals surface area (Å²) in [7, 11) is 1.68. The molecule has 0 saturated heterocycles. The minimum Gasteiger partial charge on any atom is -0.496 e. The highest BCUT2D eigenvalue weighted by molar-refractivity contribution is 6.31. The molecule has 18 heavy (non-hydrogen) atoms. The smallest absolute Gasteiger partial charge is 0.122 e. The predicted molar refractivity (Wildman–Crippen MR) is 77.3 cm³/mol. The number of aryl methyl sites for hydroxylation is 2. The van der Waals surface area contributed by atoms with Crippen molar-refractivity contribution in [2.45, 2.75) is 13.8 Å². The minimum absolute atomic E-state index is 0.687. The number of methoxy groups -OCH3 is 1. The fraction of sp³-hybridized carbons (Fsp3) is 0.200. The summed E-state index contributed by atoms with van der Waals surface area (Å²) in [6.07, 6.45) is 0. The zero-order valence-corrected chi connectivity index (χ0v) is 11.5. The highest BCUT2D eigenvalue weighted by atomic mass is 35.5. The highest BCUT2D eigenvalue weighted by Crippen LogP contribution is 2.34. The van der Waals surface area contributed by atoms with E-state index < -0.39 is 0 Å². The summed E-state index contributed by atoms with van der Waals surface area (Å²) in [5.74, 6) is 0.886. The molecule has 2 aromatic rings. The third kappa shape index (κ3) is 2.29. The summed E-state index contributed by atoms with van der Waals surface area (Å²) in [6, 6.07) is 9.62. The van der Waals surface area contributed by atoms with Crippen LogP contribution in [0.15, 0.2) is 30.3 Å². The number of halogens is 1. The number of nitrogen functional groups attached to an aromatic ring is 1. The first-order chi connectivity index (χ1) is 8.52. The SMILES string of the molecule is COc1cc(C)c(-c2cc(Cl)ccc2N)cc1C. The molecule has 0 aliphatic carbocycles. The highest BCUT2D eigenvalue weighted by Gasteiger charge is 2.10. The van der Waals surface area contributed by atoms with Crippen LogP contribution in [-0.2, 0) is 0 Å². The van der Waals surface area contributed by atoms with E-state index in [1.807, 2.05) is 32.0 Å². The Hall–Kier alpha value is -1.67. The zero-order chi connectivity index (χ0) is 13.3. The summed E-state index contributed by atoms with van der Waals surface area (Å²) in [4.78, 5) is 0. The number of ether oxygens (including phenoxy) is 1. The van der Waals surface area contributed by atoms with Crippen LogP contribution in [0.25, 0.3) is 11.1 Å². The van der Waals surface area contributed by atoms with E-state index in [0.717, 1.165) is 33.7 Å². The van der Waals surface area contributed by atoms with Gasteiger partial charge in [-0.25, -0.2) is 0 Å². The first-order valence-electron chi connectivity index (χ1n) is 5.73. The maximum absolute atomic E-state index is 6.04. The lowest BCUT2D eigenvalue weighted by molar-refractivity contribution is 0.411. The second-order valence-corrected chi connectivity index (χ2v) is 4.80.